The van der Waals surface area contributed by atoms with Crippen LogP contribution in [0.25, 0.3) is 26.1 Å². The van der Waals surface area contributed by atoms with Crippen LogP contribution in [0.15, 0.2) is 35.3 Å². The van der Waals surface area contributed by atoms with Gasteiger partial charge in [-0.1, -0.05) is 12.1 Å². The predicted molar refractivity (Wildman–Crippen MR) is 147 cm³/mol. The van der Waals surface area contributed by atoms with Crippen molar-refractivity contribution in [1.29, 1.82) is 0 Å². The van der Waals surface area contributed by atoms with Crippen molar-refractivity contribution in [2.45, 2.75) is 12.8 Å². The third kappa shape index (κ3) is 3.89. The molecule has 7 rings (SSSR count). The fraction of sp³-hybridized carbons (Fsp3) is 0.481. The number of para-hydroxylation sites is 1. The maximum absolute atomic E-state index is 13.7. The average molecular weight is 518 g/mol. The molecule has 0 spiro atoms. The van der Waals surface area contributed by atoms with Gasteiger partial charge in [-0.3, -0.25) is 14.0 Å². The minimum atomic E-state index is -0.323. The molecule has 10 heteroatoms. The van der Waals surface area contributed by atoms with Crippen LogP contribution in [0.1, 0.15) is 23.2 Å². The second-order valence-electron chi connectivity index (χ2n) is 10.8. The van der Waals surface area contributed by atoms with Crippen molar-refractivity contribution in [3.8, 4) is 0 Å². The molecule has 1 aromatic carbocycles. The zero-order valence-corrected chi connectivity index (χ0v) is 21.8. The van der Waals surface area contributed by atoms with Gasteiger partial charge in [0.1, 0.15) is 10.4 Å². The van der Waals surface area contributed by atoms with Gasteiger partial charge in [0, 0.05) is 45.5 Å². The van der Waals surface area contributed by atoms with Crippen molar-refractivity contribution < 1.29 is 4.79 Å². The molecule has 0 bridgehead atoms. The lowest BCUT2D eigenvalue weighted by Gasteiger charge is -2.19. The monoisotopic (exact) mass is 517 g/mol. The number of nitrogens with one attached hydrogen (secondary N) is 1. The predicted octanol–water partition coefficient (Wildman–Crippen LogP) is 2.28. The molecular weight excluding hydrogens is 486 g/mol. The molecule has 37 heavy (non-hydrogen) atoms. The summed E-state index contributed by atoms with van der Waals surface area (Å²) in [6.45, 7) is 7.54. The van der Waals surface area contributed by atoms with Gasteiger partial charge in [0.05, 0.1) is 15.6 Å². The number of rotatable bonds is 5. The number of aromatic nitrogens is 3. The van der Waals surface area contributed by atoms with Gasteiger partial charge in [-0.05, 0) is 56.9 Å². The quantitative estimate of drug-likeness (QED) is 0.435. The number of hydrogen-bond donors (Lipinski definition) is 1. The van der Waals surface area contributed by atoms with Crippen molar-refractivity contribution in [2.24, 2.45) is 11.8 Å². The molecule has 6 heterocycles. The number of amides is 1. The molecule has 3 aliphatic rings. The summed E-state index contributed by atoms with van der Waals surface area (Å²) in [4.78, 5) is 44.4. The summed E-state index contributed by atoms with van der Waals surface area (Å²) in [5.74, 6) is 1.59. The first-order valence-electron chi connectivity index (χ1n) is 13.2. The summed E-state index contributed by atoms with van der Waals surface area (Å²) < 4.78 is 3.00. The van der Waals surface area contributed by atoms with Gasteiger partial charge >= 0.3 is 0 Å². The van der Waals surface area contributed by atoms with Crippen molar-refractivity contribution in [3.05, 3.63) is 46.2 Å². The van der Waals surface area contributed by atoms with Crippen LogP contribution in [-0.4, -0.2) is 89.5 Å². The highest BCUT2D eigenvalue weighted by atomic mass is 32.1. The van der Waals surface area contributed by atoms with Crippen LogP contribution in [0.2, 0.25) is 0 Å². The van der Waals surface area contributed by atoms with E-state index in [1.165, 1.54) is 24.2 Å². The molecule has 192 valence electrons. The fourth-order valence-electron chi connectivity index (χ4n) is 6.45. The number of nitrogens with zero attached hydrogens (tertiary/aromatic N) is 6. The first-order chi connectivity index (χ1) is 18.1. The number of pyridine rings is 1. The summed E-state index contributed by atoms with van der Waals surface area (Å²) in [6, 6.07) is 8.01. The number of carbonyl (C=O) groups is 1. The Kier molecular flexibility index (Phi) is 5.63. The number of anilines is 1. The number of benzene rings is 1. The van der Waals surface area contributed by atoms with Crippen LogP contribution in [0.3, 0.4) is 0 Å². The van der Waals surface area contributed by atoms with Crippen molar-refractivity contribution >= 4 is 49.3 Å². The first-order valence-corrected chi connectivity index (χ1v) is 14.1. The molecular formula is C27H31N7O2S. The number of hydrogen-bond acceptors (Lipinski definition) is 8. The van der Waals surface area contributed by atoms with Gasteiger partial charge in [0.2, 0.25) is 11.4 Å². The van der Waals surface area contributed by atoms with Crippen LogP contribution < -0.4 is 15.6 Å². The Hall–Kier alpha value is -3.08. The zero-order valence-electron chi connectivity index (χ0n) is 21.0. The van der Waals surface area contributed by atoms with Gasteiger partial charge in [0.15, 0.2) is 5.65 Å². The summed E-state index contributed by atoms with van der Waals surface area (Å²) >= 11 is 1.47. The molecule has 3 aliphatic heterocycles. The molecule has 1 amide bonds. The van der Waals surface area contributed by atoms with Gasteiger partial charge in [-0.2, -0.15) is 4.98 Å². The minimum absolute atomic E-state index is 0.185. The average Bonchev–Trinajstić information content (AvgIpc) is 3.67. The van der Waals surface area contributed by atoms with Crippen LogP contribution in [0, 0.1) is 11.8 Å². The maximum Gasteiger partial charge on any atom is 0.258 e. The molecule has 4 aromatic rings. The van der Waals surface area contributed by atoms with Crippen molar-refractivity contribution in [3.63, 3.8) is 0 Å². The smallest absolute Gasteiger partial charge is 0.258 e. The van der Waals surface area contributed by atoms with Crippen LogP contribution in [0.4, 0.5) is 5.95 Å². The van der Waals surface area contributed by atoms with Crippen molar-refractivity contribution in [1.82, 2.24) is 29.5 Å². The lowest BCUT2D eigenvalue weighted by molar-refractivity contribution is 0.0950. The second kappa shape index (κ2) is 9.04. The van der Waals surface area contributed by atoms with Crippen LogP contribution in [-0.2, 0) is 0 Å². The molecule has 3 saturated heterocycles. The fourth-order valence-corrected chi connectivity index (χ4v) is 7.63. The Bertz CT molecular complexity index is 1560. The highest BCUT2D eigenvalue weighted by Crippen LogP contribution is 2.34. The van der Waals surface area contributed by atoms with E-state index in [0.717, 1.165) is 56.0 Å². The number of fused-ring (bicyclic) bond motifs is 6. The molecule has 0 radical (unpaired) electrons. The summed E-state index contributed by atoms with van der Waals surface area (Å²) in [7, 11) is 2.18. The maximum atomic E-state index is 13.7. The number of carbonyl (C=O) groups excluding carboxylic acids is 1. The Labute approximate surface area is 218 Å². The third-order valence-corrected chi connectivity index (χ3v) is 9.41. The molecule has 2 unspecified atom stereocenters. The van der Waals surface area contributed by atoms with E-state index in [2.05, 4.69) is 32.0 Å². The first kappa shape index (κ1) is 23.1. The highest BCUT2D eigenvalue weighted by Gasteiger charge is 2.39. The molecule has 9 nitrogen and oxygen atoms in total. The Balaban J connectivity index is 1.30. The van der Waals surface area contributed by atoms with E-state index in [1.807, 2.05) is 28.7 Å². The van der Waals surface area contributed by atoms with E-state index in [1.54, 1.807) is 6.20 Å². The van der Waals surface area contributed by atoms with Crippen molar-refractivity contribution in [2.75, 3.05) is 64.3 Å². The topological polar surface area (TPSA) is 86.1 Å². The van der Waals surface area contributed by atoms with Gasteiger partial charge in [-0.15, -0.1) is 11.3 Å². The Morgan fingerprint density at radius 2 is 1.86 bits per heavy atom. The van der Waals surface area contributed by atoms with E-state index in [0.29, 0.717) is 40.2 Å². The largest absolute Gasteiger partial charge is 0.351 e. The van der Waals surface area contributed by atoms with Gasteiger partial charge in [0.25, 0.3) is 5.91 Å². The highest BCUT2D eigenvalue weighted by molar-refractivity contribution is 7.24. The lowest BCUT2D eigenvalue weighted by atomic mass is 10.0. The van der Waals surface area contributed by atoms with E-state index in [4.69, 9.17) is 4.98 Å². The van der Waals surface area contributed by atoms with Crippen LogP contribution in [0.5, 0.6) is 0 Å². The van der Waals surface area contributed by atoms with E-state index in [-0.39, 0.29) is 16.9 Å². The number of thiazole rings is 1. The second-order valence-corrected chi connectivity index (χ2v) is 11.8. The van der Waals surface area contributed by atoms with E-state index >= 15 is 0 Å². The molecule has 3 fully saturated rings. The Morgan fingerprint density at radius 1 is 1.11 bits per heavy atom. The van der Waals surface area contributed by atoms with Crippen LogP contribution >= 0.6 is 11.3 Å². The normalized spacial score (nSPS) is 22.6. The minimum Gasteiger partial charge on any atom is -0.351 e. The molecule has 0 aliphatic carbocycles. The Morgan fingerprint density at radius 3 is 2.65 bits per heavy atom. The molecule has 1 N–H and O–H groups in total. The molecule has 3 aromatic heterocycles. The standard InChI is InChI=1S/C27H31N7O2S/c1-31-13-17-15-33(16-18(17)14-31)27-29-12-19-23(35)22(25(36)28-8-11-32-9-4-5-10-32)26-34(24(19)30-27)20-6-2-3-7-21(20)37-26/h2-3,6-7,12,17-18H,4-5,8-11,13-16H2,1H3,(H,28,36). The third-order valence-electron chi connectivity index (χ3n) is 8.26. The summed E-state index contributed by atoms with van der Waals surface area (Å²) in [5, 5.41) is 3.39. The summed E-state index contributed by atoms with van der Waals surface area (Å²) in [6.07, 6.45) is 4.04. The lowest BCUT2D eigenvalue weighted by Crippen LogP contribution is -2.36. The SMILES string of the molecule is CN1CC2CN(c3ncc4c(=O)c(C(=O)NCCN5CCCC5)c5sc6ccccc6n5c4n3)CC2C1. The zero-order chi connectivity index (χ0) is 25.1. The molecule has 0 saturated carbocycles. The molecule has 2 atom stereocenters. The summed E-state index contributed by atoms with van der Waals surface area (Å²) in [5.41, 5.74) is 1.41. The van der Waals surface area contributed by atoms with Gasteiger partial charge in [-0.25, -0.2) is 4.98 Å². The van der Waals surface area contributed by atoms with E-state index < -0.39 is 0 Å². The number of likely N-dealkylation sites (tertiary alicyclic amines) is 2. The van der Waals surface area contributed by atoms with Gasteiger partial charge < -0.3 is 20.0 Å². The van der Waals surface area contributed by atoms with E-state index in [9.17, 15) is 9.59 Å².